The lowest BCUT2D eigenvalue weighted by molar-refractivity contribution is 0.105. The van der Waals surface area contributed by atoms with Crippen molar-refractivity contribution < 1.29 is 5.11 Å². The molecule has 13 heavy (non-hydrogen) atoms. The van der Waals surface area contributed by atoms with Crippen LogP contribution < -0.4 is 5.32 Å². The molecule has 0 aromatic rings. The molecule has 1 saturated heterocycles. The summed E-state index contributed by atoms with van der Waals surface area (Å²) in [5.74, 6) is 0.502. The first-order valence-electron chi connectivity index (χ1n) is 5.40. The van der Waals surface area contributed by atoms with E-state index in [4.69, 9.17) is 0 Å². The SMILES string of the molecule is CC(C)(C)CCCC1CCNC1O. The van der Waals surface area contributed by atoms with E-state index in [0.29, 0.717) is 11.3 Å². The zero-order valence-electron chi connectivity index (χ0n) is 9.14. The van der Waals surface area contributed by atoms with Gasteiger partial charge in [-0.25, -0.2) is 0 Å². The number of rotatable bonds is 3. The van der Waals surface area contributed by atoms with Crippen LogP contribution in [0.3, 0.4) is 0 Å². The largest absolute Gasteiger partial charge is 0.378 e. The summed E-state index contributed by atoms with van der Waals surface area (Å²) in [4.78, 5) is 0. The summed E-state index contributed by atoms with van der Waals surface area (Å²) in [6.45, 7) is 7.81. The van der Waals surface area contributed by atoms with Crippen LogP contribution >= 0.6 is 0 Å². The predicted molar refractivity (Wildman–Crippen MR) is 55.4 cm³/mol. The molecule has 2 N–H and O–H groups in total. The summed E-state index contributed by atoms with van der Waals surface area (Å²) in [5, 5.41) is 12.6. The molecule has 1 aliphatic heterocycles. The molecule has 2 nitrogen and oxygen atoms in total. The van der Waals surface area contributed by atoms with Crippen LogP contribution in [-0.2, 0) is 0 Å². The van der Waals surface area contributed by atoms with Gasteiger partial charge in [0, 0.05) is 0 Å². The van der Waals surface area contributed by atoms with Crippen molar-refractivity contribution in [3.63, 3.8) is 0 Å². The van der Waals surface area contributed by atoms with E-state index in [1.807, 2.05) is 0 Å². The van der Waals surface area contributed by atoms with E-state index in [0.717, 1.165) is 13.0 Å². The molecular formula is C11H23NO. The van der Waals surface area contributed by atoms with Crippen LogP contribution in [0.15, 0.2) is 0 Å². The molecule has 1 aliphatic rings. The zero-order valence-corrected chi connectivity index (χ0v) is 9.14. The summed E-state index contributed by atoms with van der Waals surface area (Å²) in [5.41, 5.74) is 0.441. The minimum absolute atomic E-state index is 0.236. The monoisotopic (exact) mass is 185 g/mol. The highest BCUT2D eigenvalue weighted by atomic mass is 16.3. The van der Waals surface area contributed by atoms with Gasteiger partial charge in [0.2, 0.25) is 0 Å². The van der Waals surface area contributed by atoms with E-state index >= 15 is 0 Å². The summed E-state index contributed by atoms with van der Waals surface area (Å²) >= 11 is 0. The van der Waals surface area contributed by atoms with E-state index in [9.17, 15) is 5.11 Å². The number of hydrogen-bond acceptors (Lipinski definition) is 2. The van der Waals surface area contributed by atoms with Crippen LogP contribution in [0, 0.1) is 11.3 Å². The number of nitrogens with one attached hydrogen (secondary N) is 1. The Kier molecular flexibility index (Phi) is 3.74. The van der Waals surface area contributed by atoms with Gasteiger partial charge in [0.1, 0.15) is 6.23 Å². The maximum Gasteiger partial charge on any atom is 0.107 e. The minimum Gasteiger partial charge on any atom is -0.378 e. The fourth-order valence-corrected chi connectivity index (χ4v) is 1.94. The van der Waals surface area contributed by atoms with Gasteiger partial charge in [0.15, 0.2) is 0 Å². The smallest absolute Gasteiger partial charge is 0.107 e. The molecule has 0 radical (unpaired) electrons. The van der Waals surface area contributed by atoms with E-state index in [-0.39, 0.29) is 6.23 Å². The van der Waals surface area contributed by atoms with Crippen LogP contribution in [0.4, 0.5) is 0 Å². The molecule has 1 fully saturated rings. The van der Waals surface area contributed by atoms with Gasteiger partial charge in [-0.2, -0.15) is 0 Å². The molecule has 0 aromatic heterocycles. The van der Waals surface area contributed by atoms with E-state index in [2.05, 4.69) is 26.1 Å². The summed E-state index contributed by atoms with van der Waals surface area (Å²) < 4.78 is 0. The lowest BCUT2D eigenvalue weighted by Gasteiger charge is -2.20. The van der Waals surface area contributed by atoms with Crippen LogP contribution in [0.5, 0.6) is 0 Å². The van der Waals surface area contributed by atoms with Gasteiger partial charge in [0.25, 0.3) is 0 Å². The average Bonchev–Trinajstić information content (AvgIpc) is 2.34. The van der Waals surface area contributed by atoms with Gasteiger partial charge in [-0.05, 0) is 37.1 Å². The molecule has 0 spiro atoms. The van der Waals surface area contributed by atoms with Crippen molar-refractivity contribution in [2.75, 3.05) is 6.54 Å². The van der Waals surface area contributed by atoms with Crippen LogP contribution in [0.2, 0.25) is 0 Å². The van der Waals surface area contributed by atoms with Crippen molar-refractivity contribution in [3.05, 3.63) is 0 Å². The van der Waals surface area contributed by atoms with Gasteiger partial charge < -0.3 is 5.11 Å². The van der Waals surface area contributed by atoms with Crippen molar-refractivity contribution in [1.29, 1.82) is 0 Å². The minimum atomic E-state index is -0.236. The lowest BCUT2D eigenvalue weighted by Crippen LogP contribution is -2.26. The van der Waals surface area contributed by atoms with Crippen molar-refractivity contribution in [1.82, 2.24) is 5.32 Å². The topological polar surface area (TPSA) is 32.3 Å². The maximum atomic E-state index is 9.51. The summed E-state index contributed by atoms with van der Waals surface area (Å²) in [7, 11) is 0. The molecule has 0 saturated carbocycles. The lowest BCUT2D eigenvalue weighted by atomic mass is 9.87. The highest BCUT2D eigenvalue weighted by Gasteiger charge is 2.24. The van der Waals surface area contributed by atoms with Crippen molar-refractivity contribution in [2.45, 2.75) is 52.7 Å². The van der Waals surface area contributed by atoms with Crippen LogP contribution in [0.1, 0.15) is 46.5 Å². The highest BCUT2D eigenvalue weighted by molar-refractivity contribution is 4.76. The molecule has 1 rings (SSSR count). The van der Waals surface area contributed by atoms with Gasteiger partial charge in [0.05, 0.1) is 0 Å². The van der Waals surface area contributed by atoms with Gasteiger partial charge in [-0.15, -0.1) is 0 Å². The van der Waals surface area contributed by atoms with Gasteiger partial charge in [-0.1, -0.05) is 27.2 Å². The molecule has 0 amide bonds. The second-order valence-corrected chi connectivity index (χ2v) is 5.40. The van der Waals surface area contributed by atoms with Crippen molar-refractivity contribution >= 4 is 0 Å². The zero-order chi connectivity index (χ0) is 9.90. The number of aliphatic hydroxyl groups is 1. The van der Waals surface area contributed by atoms with Crippen LogP contribution in [0.25, 0.3) is 0 Å². The Bertz CT molecular complexity index is 151. The Morgan fingerprint density at radius 3 is 2.54 bits per heavy atom. The summed E-state index contributed by atoms with van der Waals surface area (Å²) in [6.07, 6.45) is 4.58. The molecular weight excluding hydrogens is 162 g/mol. The second kappa shape index (κ2) is 4.43. The Morgan fingerprint density at radius 1 is 1.38 bits per heavy atom. The van der Waals surface area contributed by atoms with E-state index in [1.165, 1.54) is 19.3 Å². The Labute approximate surface area is 81.7 Å². The standard InChI is InChI=1S/C11H23NO/c1-11(2,3)7-4-5-9-6-8-12-10(9)13/h9-10,12-13H,4-8H2,1-3H3. The molecule has 2 heteroatoms. The van der Waals surface area contributed by atoms with E-state index in [1.54, 1.807) is 0 Å². The Hall–Kier alpha value is -0.0800. The molecule has 0 aromatic carbocycles. The first-order chi connectivity index (χ1) is 5.99. The number of hydrogen-bond donors (Lipinski definition) is 2. The quantitative estimate of drug-likeness (QED) is 0.706. The van der Waals surface area contributed by atoms with Crippen molar-refractivity contribution in [2.24, 2.45) is 11.3 Å². The third kappa shape index (κ3) is 4.10. The Morgan fingerprint density at radius 2 is 2.08 bits per heavy atom. The molecule has 2 unspecified atom stereocenters. The van der Waals surface area contributed by atoms with Crippen LogP contribution in [-0.4, -0.2) is 17.9 Å². The van der Waals surface area contributed by atoms with E-state index < -0.39 is 0 Å². The molecule has 2 atom stereocenters. The third-order valence-corrected chi connectivity index (χ3v) is 2.82. The molecule has 78 valence electrons. The fraction of sp³-hybridized carbons (Fsp3) is 1.00. The first kappa shape index (κ1) is 11.0. The first-order valence-corrected chi connectivity index (χ1v) is 5.40. The second-order valence-electron chi connectivity index (χ2n) is 5.40. The average molecular weight is 185 g/mol. The number of aliphatic hydroxyl groups excluding tert-OH is 1. The maximum absolute atomic E-state index is 9.51. The molecule has 0 bridgehead atoms. The van der Waals surface area contributed by atoms with Gasteiger partial charge >= 0.3 is 0 Å². The molecule has 0 aliphatic carbocycles. The predicted octanol–water partition coefficient (Wildman–Crippen LogP) is 2.13. The third-order valence-electron chi connectivity index (χ3n) is 2.82. The van der Waals surface area contributed by atoms with Crippen molar-refractivity contribution in [3.8, 4) is 0 Å². The Balaban J connectivity index is 2.12. The fourth-order valence-electron chi connectivity index (χ4n) is 1.94. The molecule has 1 heterocycles. The normalized spacial score (nSPS) is 29.5. The summed E-state index contributed by atoms with van der Waals surface area (Å²) in [6, 6.07) is 0. The van der Waals surface area contributed by atoms with Gasteiger partial charge in [-0.3, -0.25) is 5.32 Å². The highest BCUT2D eigenvalue weighted by Crippen LogP contribution is 2.26.